The fraction of sp³-hybridized carbons (Fsp3) is 0.191. The minimum Gasteiger partial charge on any atom is -0.381 e. The molecule has 49 heavy (non-hydrogen) atoms. The molecule has 2 aliphatic rings. The van der Waals surface area contributed by atoms with Crippen LogP contribution in [0, 0.1) is 5.41 Å². The molecule has 1 N–H and O–H groups in total. The fourth-order valence-corrected chi connectivity index (χ4v) is 7.22. The Balaban J connectivity index is 1.64. The van der Waals surface area contributed by atoms with E-state index in [-0.39, 0.29) is 10.8 Å². The smallest absolute Gasteiger partial charge is 0.0540 e. The Labute approximate surface area is 293 Å². The zero-order chi connectivity index (χ0) is 34.4. The molecule has 4 aromatic rings. The van der Waals surface area contributed by atoms with Gasteiger partial charge in [-0.1, -0.05) is 162 Å². The van der Waals surface area contributed by atoms with E-state index >= 15 is 0 Å². The summed E-state index contributed by atoms with van der Waals surface area (Å²) in [5.41, 5.74) is 12.5. The van der Waals surface area contributed by atoms with Gasteiger partial charge in [0, 0.05) is 34.6 Å². The quantitative estimate of drug-likeness (QED) is 0.202. The molecule has 0 saturated carbocycles. The van der Waals surface area contributed by atoms with Crippen molar-refractivity contribution >= 4 is 22.5 Å². The maximum atomic E-state index is 4.43. The molecule has 2 heteroatoms. The van der Waals surface area contributed by atoms with E-state index in [1.165, 1.54) is 39.0 Å². The predicted octanol–water partition coefficient (Wildman–Crippen LogP) is 12.4. The Morgan fingerprint density at radius 1 is 0.837 bits per heavy atom. The number of hydrogen-bond acceptors (Lipinski definition) is 2. The van der Waals surface area contributed by atoms with Gasteiger partial charge in [0.25, 0.3) is 0 Å². The third-order valence-corrected chi connectivity index (χ3v) is 10.4. The number of anilines is 2. The molecule has 1 aliphatic carbocycles. The summed E-state index contributed by atoms with van der Waals surface area (Å²) in [5.74, 6) is 0. The Morgan fingerprint density at radius 2 is 1.55 bits per heavy atom. The van der Waals surface area contributed by atoms with Crippen molar-refractivity contribution in [2.75, 3.05) is 11.4 Å². The van der Waals surface area contributed by atoms with Crippen molar-refractivity contribution < 1.29 is 0 Å². The summed E-state index contributed by atoms with van der Waals surface area (Å²) in [4.78, 5) is 2.42. The molecular weight excluding hydrogens is 593 g/mol. The Kier molecular flexibility index (Phi) is 9.87. The first-order valence-corrected chi connectivity index (χ1v) is 17.4. The molecule has 0 amide bonds. The lowest BCUT2D eigenvalue weighted by molar-refractivity contribution is 0.230. The topological polar surface area (TPSA) is 15.3 Å². The van der Waals surface area contributed by atoms with E-state index < -0.39 is 0 Å². The first-order valence-electron chi connectivity index (χ1n) is 17.4. The van der Waals surface area contributed by atoms with Crippen molar-refractivity contribution in [1.82, 2.24) is 5.32 Å². The third kappa shape index (κ3) is 6.69. The van der Waals surface area contributed by atoms with Gasteiger partial charge in [-0.15, -0.1) is 0 Å². The number of nitrogens with zero attached hydrogens (tertiary/aromatic N) is 1. The minimum atomic E-state index is -0.221. The number of nitrogens with one attached hydrogen (secondary N) is 1. The van der Waals surface area contributed by atoms with Crippen LogP contribution in [0.2, 0.25) is 0 Å². The molecule has 2 nitrogen and oxygen atoms in total. The van der Waals surface area contributed by atoms with Gasteiger partial charge >= 0.3 is 0 Å². The Hall–Kier alpha value is -5.34. The maximum Gasteiger partial charge on any atom is 0.0540 e. The van der Waals surface area contributed by atoms with Crippen molar-refractivity contribution in [2.45, 2.75) is 46.0 Å². The monoisotopic (exact) mass is 640 g/mol. The molecule has 1 atom stereocenters. The normalized spacial score (nSPS) is 20.2. The van der Waals surface area contributed by atoms with Gasteiger partial charge in [-0.05, 0) is 82.0 Å². The summed E-state index contributed by atoms with van der Waals surface area (Å²) >= 11 is 0. The summed E-state index contributed by atoms with van der Waals surface area (Å²) in [6, 6.07) is 37.2. The van der Waals surface area contributed by atoms with Crippen LogP contribution in [0.1, 0.15) is 57.2 Å². The second-order valence-corrected chi connectivity index (χ2v) is 13.7. The molecule has 0 spiro atoms. The van der Waals surface area contributed by atoms with Crippen LogP contribution in [-0.2, 0) is 5.41 Å². The summed E-state index contributed by atoms with van der Waals surface area (Å²) in [5, 5.41) is 3.59. The molecule has 0 fully saturated rings. The van der Waals surface area contributed by atoms with Gasteiger partial charge in [-0.3, -0.25) is 0 Å². The van der Waals surface area contributed by atoms with Crippen LogP contribution < -0.4 is 10.2 Å². The molecule has 6 rings (SSSR count). The van der Waals surface area contributed by atoms with E-state index in [0.717, 1.165) is 35.6 Å². The third-order valence-electron chi connectivity index (χ3n) is 10.4. The van der Waals surface area contributed by atoms with Crippen molar-refractivity contribution in [3.8, 4) is 11.1 Å². The van der Waals surface area contributed by atoms with Gasteiger partial charge in [0.05, 0.1) is 5.69 Å². The summed E-state index contributed by atoms with van der Waals surface area (Å²) < 4.78 is 0. The second kappa shape index (κ2) is 14.4. The van der Waals surface area contributed by atoms with E-state index in [0.29, 0.717) is 6.54 Å². The van der Waals surface area contributed by atoms with Gasteiger partial charge in [0.1, 0.15) is 0 Å². The lowest BCUT2D eigenvalue weighted by Crippen LogP contribution is -2.38. The van der Waals surface area contributed by atoms with E-state index in [1.54, 1.807) is 0 Å². The van der Waals surface area contributed by atoms with Crippen LogP contribution in [0.15, 0.2) is 176 Å². The average Bonchev–Trinajstić information content (AvgIpc) is 3.27. The lowest BCUT2D eigenvalue weighted by Gasteiger charge is -2.44. The second-order valence-electron chi connectivity index (χ2n) is 13.7. The number of allylic oxidation sites excluding steroid dienone is 9. The first-order chi connectivity index (χ1) is 23.8. The molecular formula is C47H48N2. The molecule has 2 bridgehead atoms. The maximum absolute atomic E-state index is 4.43. The highest BCUT2D eigenvalue weighted by molar-refractivity contribution is 5.90. The van der Waals surface area contributed by atoms with Crippen LogP contribution in [0.3, 0.4) is 0 Å². The van der Waals surface area contributed by atoms with Gasteiger partial charge in [0.2, 0.25) is 0 Å². The highest BCUT2D eigenvalue weighted by Gasteiger charge is 2.42. The standard InChI is InChI=1S/C47H48N2/c1-7-40(36-22-13-9-14-23-36)44(8-2)49(45-28-18-17-27-41(45)37-24-15-10-16-25-37)39-29-30-43-42(33-39)38-26-20-32-47(43,6)46(4,5)31-19-11-12-21-35(3)48-34-38/h8-30,32-33,48H,2-3,7,31,34H2,1,4-6H3/b19-11-,21-12-,44-40-. The SMILES string of the molecule is C=C/C(=C(\CC)c1ccccc1)N(c1ccc2c(c1)C1=CC=CC2(C)C(C)(C)C/C=C\C=C/C(=C)NC1)c1ccccc1-c1ccccc1. The van der Waals surface area contributed by atoms with Crippen molar-refractivity contribution in [1.29, 1.82) is 0 Å². The molecule has 0 saturated heterocycles. The number of hydrogen-bond donors (Lipinski definition) is 1. The van der Waals surface area contributed by atoms with Crippen LogP contribution in [-0.4, -0.2) is 6.54 Å². The van der Waals surface area contributed by atoms with E-state index in [1.807, 2.05) is 6.08 Å². The van der Waals surface area contributed by atoms with E-state index in [4.69, 9.17) is 0 Å². The zero-order valence-electron chi connectivity index (χ0n) is 29.4. The zero-order valence-corrected chi connectivity index (χ0v) is 29.4. The van der Waals surface area contributed by atoms with Crippen LogP contribution in [0.5, 0.6) is 0 Å². The molecule has 1 heterocycles. The Bertz CT molecular complexity index is 1980. The van der Waals surface area contributed by atoms with Crippen LogP contribution in [0.4, 0.5) is 11.4 Å². The van der Waals surface area contributed by atoms with Gasteiger partial charge in [0.15, 0.2) is 0 Å². The number of para-hydroxylation sites is 1. The van der Waals surface area contributed by atoms with E-state index in [2.05, 4.69) is 197 Å². The molecule has 0 aromatic heterocycles. The first kappa shape index (κ1) is 33.6. The lowest BCUT2D eigenvalue weighted by atomic mass is 9.60. The van der Waals surface area contributed by atoms with Crippen LogP contribution >= 0.6 is 0 Å². The molecule has 1 unspecified atom stereocenters. The summed E-state index contributed by atoms with van der Waals surface area (Å²) in [6.07, 6.45) is 19.3. The predicted molar refractivity (Wildman–Crippen MR) is 213 cm³/mol. The highest BCUT2D eigenvalue weighted by atomic mass is 15.2. The Morgan fingerprint density at radius 3 is 2.29 bits per heavy atom. The fourth-order valence-electron chi connectivity index (χ4n) is 7.22. The van der Waals surface area contributed by atoms with Gasteiger partial charge in [-0.25, -0.2) is 0 Å². The highest BCUT2D eigenvalue weighted by Crippen LogP contribution is 2.50. The van der Waals surface area contributed by atoms with Crippen molar-refractivity contribution in [3.63, 3.8) is 0 Å². The van der Waals surface area contributed by atoms with Crippen molar-refractivity contribution in [2.24, 2.45) is 5.41 Å². The molecule has 4 aromatic carbocycles. The summed E-state index contributed by atoms with van der Waals surface area (Å²) in [7, 11) is 0. The van der Waals surface area contributed by atoms with Gasteiger partial charge < -0.3 is 10.2 Å². The van der Waals surface area contributed by atoms with Crippen LogP contribution in [0.25, 0.3) is 22.3 Å². The molecule has 0 radical (unpaired) electrons. The van der Waals surface area contributed by atoms with E-state index in [9.17, 15) is 0 Å². The average molecular weight is 641 g/mol. The molecule has 1 aliphatic heterocycles. The largest absolute Gasteiger partial charge is 0.381 e. The molecule has 246 valence electrons. The van der Waals surface area contributed by atoms with Crippen molar-refractivity contribution in [3.05, 3.63) is 193 Å². The number of rotatable bonds is 7. The van der Waals surface area contributed by atoms with Gasteiger partial charge in [-0.2, -0.15) is 0 Å². The number of benzene rings is 4. The minimum absolute atomic E-state index is 0.0552. The summed E-state index contributed by atoms with van der Waals surface area (Å²) in [6.45, 7) is 18.8.